The second-order valence-electron chi connectivity index (χ2n) is 5.58. The number of para-hydroxylation sites is 1. The van der Waals surface area contributed by atoms with Gasteiger partial charge in [0, 0.05) is 12.6 Å². The standard InChI is InChI=1S/C16H12N2O6S2/c1-17-8-5-3-2-4-7(8)11(13(17)21)12-14(22)18(16(25)26-12)9(15(23)24)6-10(19)20/h2-5,9H,6H2,1H3,(H,19,20)(H,23,24)/b12-11-. The maximum absolute atomic E-state index is 12.8. The fourth-order valence-electron chi connectivity index (χ4n) is 2.84. The predicted molar refractivity (Wildman–Crippen MR) is 97.5 cm³/mol. The summed E-state index contributed by atoms with van der Waals surface area (Å²) in [4.78, 5) is 50.0. The number of anilines is 1. The first-order valence-electron chi connectivity index (χ1n) is 7.35. The number of hydrogen-bond donors (Lipinski definition) is 2. The number of carboxylic acid groups (broad SMARTS) is 2. The molecule has 2 heterocycles. The van der Waals surface area contributed by atoms with Crippen LogP contribution in [0.1, 0.15) is 12.0 Å². The summed E-state index contributed by atoms with van der Waals surface area (Å²) >= 11 is 5.90. The number of nitrogens with zero attached hydrogens (tertiary/aromatic N) is 2. The van der Waals surface area contributed by atoms with Crippen LogP contribution in [0.3, 0.4) is 0 Å². The van der Waals surface area contributed by atoms with E-state index in [1.54, 1.807) is 31.3 Å². The summed E-state index contributed by atoms with van der Waals surface area (Å²) < 4.78 is -0.0917. The fraction of sp³-hybridized carbons (Fsp3) is 0.188. The molecule has 0 spiro atoms. The van der Waals surface area contributed by atoms with E-state index in [0.717, 1.165) is 16.7 Å². The second-order valence-corrected chi connectivity index (χ2v) is 7.22. The smallest absolute Gasteiger partial charge is 0.327 e. The largest absolute Gasteiger partial charge is 0.481 e. The van der Waals surface area contributed by atoms with E-state index in [-0.39, 0.29) is 14.8 Å². The quantitative estimate of drug-likeness (QED) is 0.579. The first-order chi connectivity index (χ1) is 12.2. The van der Waals surface area contributed by atoms with Crippen molar-refractivity contribution in [1.82, 2.24) is 4.90 Å². The van der Waals surface area contributed by atoms with Gasteiger partial charge < -0.3 is 15.1 Å². The van der Waals surface area contributed by atoms with Crippen molar-refractivity contribution in [3.8, 4) is 0 Å². The number of amides is 2. The number of aliphatic carboxylic acids is 2. The summed E-state index contributed by atoms with van der Waals surface area (Å²) in [7, 11) is 1.57. The molecule has 3 rings (SSSR count). The second kappa shape index (κ2) is 6.54. The van der Waals surface area contributed by atoms with Crippen LogP contribution < -0.4 is 4.90 Å². The van der Waals surface area contributed by atoms with Gasteiger partial charge in [0.2, 0.25) is 0 Å². The van der Waals surface area contributed by atoms with Crippen molar-refractivity contribution in [3.63, 3.8) is 0 Å². The normalized spacial score (nSPS) is 20.6. The Morgan fingerprint density at radius 3 is 2.46 bits per heavy atom. The number of carbonyl (C=O) groups excluding carboxylic acids is 2. The molecule has 0 radical (unpaired) electrons. The molecule has 1 aromatic rings. The summed E-state index contributed by atoms with van der Waals surface area (Å²) in [6.07, 6.45) is -0.797. The van der Waals surface area contributed by atoms with Crippen LogP contribution in [0.2, 0.25) is 0 Å². The third-order valence-electron chi connectivity index (χ3n) is 4.04. The van der Waals surface area contributed by atoms with Gasteiger partial charge in [0.05, 0.1) is 22.6 Å². The van der Waals surface area contributed by atoms with Gasteiger partial charge in [-0.15, -0.1) is 0 Å². The Morgan fingerprint density at radius 1 is 1.19 bits per heavy atom. The molecule has 2 amide bonds. The number of hydrogen-bond acceptors (Lipinski definition) is 6. The Morgan fingerprint density at radius 2 is 1.85 bits per heavy atom. The van der Waals surface area contributed by atoms with Gasteiger partial charge >= 0.3 is 11.9 Å². The Balaban J connectivity index is 2.09. The summed E-state index contributed by atoms with van der Waals surface area (Å²) in [5.74, 6) is -4.04. The van der Waals surface area contributed by atoms with Crippen molar-refractivity contribution in [1.29, 1.82) is 0 Å². The van der Waals surface area contributed by atoms with Crippen LogP contribution in [0.15, 0.2) is 29.2 Å². The molecule has 0 bridgehead atoms. The molecular formula is C16H12N2O6S2. The number of fused-ring (bicyclic) bond motifs is 1. The van der Waals surface area contributed by atoms with Crippen LogP contribution in [-0.2, 0) is 19.2 Å². The minimum Gasteiger partial charge on any atom is -0.481 e. The van der Waals surface area contributed by atoms with E-state index in [1.807, 2.05) is 0 Å². The van der Waals surface area contributed by atoms with Gasteiger partial charge in [-0.05, 0) is 6.07 Å². The highest BCUT2D eigenvalue weighted by molar-refractivity contribution is 8.26. The average Bonchev–Trinajstić information content (AvgIpc) is 2.99. The molecule has 10 heteroatoms. The predicted octanol–water partition coefficient (Wildman–Crippen LogP) is 1.16. The number of rotatable bonds is 4. The lowest BCUT2D eigenvalue weighted by Gasteiger charge is -2.21. The summed E-state index contributed by atoms with van der Waals surface area (Å²) in [5.41, 5.74) is 1.31. The molecule has 26 heavy (non-hydrogen) atoms. The highest BCUT2D eigenvalue weighted by Gasteiger charge is 2.45. The molecule has 0 aliphatic carbocycles. The molecule has 1 aromatic carbocycles. The van der Waals surface area contributed by atoms with Gasteiger partial charge in [-0.2, -0.15) is 0 Å². The van der Waals surface area contributed by atoms with Gasteiger partial charge in [-0.1, -0.05) is 42.2 Å². The highest BCUT2D eigenvalue weighted by atomic mass is 32.2. The zero-order valence-electron chi connectivity index (χ0n) is 13.3. The minimum atomic E-state index is -1.64. The third kappa shape index (κ3) is 2.76. The number of carboxylic acids is 2. The monoisotopic (exact) mass is 392 g/mol. The third-order valence-corrected chi connectivity index (χ3v) is 5.45. The summed E-state index contributed by atoms with van der Waals surface area (Å²) in [5, 5.41) is 18.2. The Labute approximate surface area is 157 Å². The molecule has 0 saturated carbocycles. The van der Waals surface area contributed by atoms with Crippen molar-refractivity contribution < 1.29 is 29.4 Å². The van der Waals surface area contributed by atoms with Crippen molar-refractivity contribution in [3.05, 3.63) is 34.7 Å². The van der Waals surface area contributed by atoms with E-state index in [0.29, 0.717) is 11.3 Å². The maximum Gasteiger partial charge on any atom is 0.327 e. The van der Waals surface area contributed by atoms with Gasteiger partial charge in [0.15, 0.2) is 0 Å². The van der Waals surface area contributed by atoms with Crippen LogP contribution in [0.4, 0.5) is 5.69 Å². The van der Waals surface area contributed by atoms with Crippen molar-refractivity contribution >= 4 is 63.3 Å². The number of benzene rings is 1. The van der Waals surface area contributed by atoms with Crippen LogP contribution >= 0.6 is 24.0 Å². The van der Waals surface area contributed by atoms with Gasteiger partial charge in [-0.3, -0.25) is 19.3 Å². The van der Waals surface area contributed by atoms with Crippen LogP contribution in [0.5, 0.6) is 0 Å². The first kappa shape index (κ1) is 18.1. The van der Waals surface area contributed by atoms with E-state index >= 15 is 0 Å². The molecule has 2 aliphatic rings. The van der Waals surface area contributed by atoms with Gasteiger partial charge in [0.25, 0.3) is 11.8 Å². The Hall–Kier alpha value is -2.72. The molecule has 1 saturated heterocycles. The molecular weight excluding hydrogens is 380 g/mol. The molecule has 8 nitrogen and oxygen atoms in total. The molecule has 1 fully saturated rings. The van der Waals surface area contributed by atoms with E-state index in [9.17, 15) is 24.3 Å². The Kier molecular flexibility index (Phi) is 4.55. The molecule has 2 aliphatic heterocycles. The lowest BCUT2D eigenvalue weighted by molar-refractivity contribution is -0.150. The molecule has 2 N–H and O–H groups in total. The summed E-state index contributed by atoms with van der Waals surface area (Å²) in [6.45, 7) is 0. The van der Waals surface area contributed by atoms with Crippen LogP contribution in [-0.4, -0.2) is 56.3 Å². The van der Waals surface area contributed by atoms with Crippen molar-refractivity contribution in [2.24, 2.45) is 0 Å². The van der Waals surface area contributed by atoms with Crippen molar-refractivity contribution in [2.45, 2.75) is 12.5 Å². The fourth-order valence-corrected chi connectivity index (χ4v) is 4.27. The first-order valence-corrected chi connectivity index (χ1v) is 8.58. The van der Waals surface area contributed by atoms with E-state index in [4.69, 9.17) is 17.3 Å². The average molecular weight is 392 g/mol. The molecule has 134 valence electrons. The maximum atomic E-state index is 12.8. The van der Waals surface area contributed by atoms with E-state index in [2.05, 4.69) is 0 Å². The van der Waals surface area contributed by atoms with Crippen LogP contribution in [0, 0.1) is 0 Å². The molecule has 1 atom stereocenters. The number of thioether (sulfide) groups is 1. The lowest BCUT2D eigenvalue weighted by atomic mass is 10.1. The highest BCUT2D eigenvalue weighted by Crippen LogP contribution is 2.44. The summed E-state index contributed by atoms with van der Waals surface area (Å²) in [6, 6.07) is 5.25. The lowest BCUT2D eigenvalue weighted by Crippen LogP contribution is -2.45. The molecule has 1 unspecified atom stereocenters. The SMILES string of the molecule is CN1C(=O)/C(=C2\SC(=S)N(C(CC(=O)O)C(=O)O)C2=O)c2ccccc21. The molecule has 0 aromatic heterocycles. The minimum absolute atomic E-state index is 0.00781. The number of likely N-dealkylation sites (N-methyl/N-ethyl adjacent to an activating group) is 1. The van der Waals surface area contributed by atoms with E-state index < -0.39 is 36.2 Å². The van der Waals surface area contributed by atoms with Crippen molar-refractivity contribution in [2.75, 3.05) is 11.9 Å². The topological polar surface area (TPSA) is 115 Å². The van der Waals surface area contributed by atoms with Gasteiger partial charge in [0.1, 0.15) is 10.4 Å². The zero-order chi connectivity index (χ0) is 19.2. The van der Waals surface area contributed by atoms with Gasteiger partial charge in [-0.25, -0.2) is 4.79 Å². The zero-order valence-corrected chi connectivity index (χ0v) is 15.0. The van der Waals surface area contributed by atoms with E-state index in [1.165, 1.54) is 4.90 Å². The van der Waals surface area contributed by atoms with Crippen LogP contribution in [0.25, 0.3) is 5.57 Å². The Bertz CT molecular complexity index is 910. The number of thiocarbonyl (C=S) groups is 1. The number of carbonyl (C=O) groups is 4.